The first-order valence-corrected chi connectivity index (χ1v) is 7.63. The Kier molecular flexibility index (Phi) is 7.07. The van der Waals surface area contributed by atoms with Crippen LogP contribution in [0.15, 0.2) is 18.2 Å². The van der Waals surface area contributed by atoms with E-state index in [1.165, 1.54) is 31.2 Å². The molecule has 1 aromatic carbocycles. The number of rotatable bonds is 8. The number of nitrogens with one attached hydrogen (secondary N) is 1. The summed E-state index contributed by atoms with van der Waals surface area (Å²) in [5, 5.41) is 3.59. The van der Waals surface area contributed by atoms with Crippen LogP contribution >= 0.6 is 0 Å². The van der Waals surface area contributed by atoms with Crippen molar-refractivity contribution in [2.75, 3.05) is 6.54 Å². The van der Waals surface area contributed by atoms with Crippen molar-refractivity contribution in [1.29, 1.82) is 0 Å². The molecular weight excluding hydrogens is 237 g/mol. The fraction of sp³-hybridized carbons (Fsp3) is 0.647. The summed E-state index contributed by atoms with van der Waals surface area (Å²) in [6.45, 7) is 9.41. The molecule has 0 amide bonds. The van der Waals surface area contributed by atoms with Gasteiger partial charge in [0.15, 0.2) is 0 Å². The Labute approximate surface area is 117 Å². The molecule has 1 unspecified atom stereocenters. The van der Waals surface area contributed by atoms with E-state index >= 15 is 0 Å². The fourth-order valence-corrected chi connectivity index (χ4v) is 2.86. The summed E-state index contributed by atoms with van der Waals surface area (Å²) >= 11 is 0. The zero-order valence-electron chi connectivity index (χ0n) is 12.8. The van der Waals surface area contributed by atoms with Crippen molar-refractivity contribution in [1.82, 2.24) is 5.32 Å². The smallest absolute Gasteiger partial charge is 0.126 e. The van der Waals surface area contributed by atoms with Gasteiger partial charge in [0.05, 0.1) is 0 Å². The van der Waals surface area contributed by atoms with Crippen LogP contribution in [0.5, 0.6) is 0 Å². The second-order valence-corrected chi connectivity index (χ2v) is 5.38. The monoisotopic (exact) mass is 265 g/mol. The van der Waals surface area contributed by atoms with Crippen molar-refractivity contribution >= 4 is 0 Å². The lowest BCUT2D eigenvalue weighted by atomic mass is 9.85. The maximum atomic E-state index is 13.4. The van der Waals surface area contributed by atoms with Gasteiger partial charge in [-0.2, -0.15) is 0 Å². The molecule has 1 rings (SSSR count). The molecule has 0 fully saturated rings. The number of halogens is 1. The molecule has 108 valence electrons. The Morgan fingerprint density at radius 3 is 2.21 bits per heavy atom. The summed E-state index contributed by atoms with van der Waals surface area (Å²) < 4.78 is 13.4. The quantitative estimate of drug-likeness (QED) is 0.697. The van der Waals surface area contributed by atoms with Crippen LogP contribution in [0.3, 0.4) is 0 Å². The van der Waals surface area contributed by atoms with Crippen LogP contribution in [0.2, 0.25) is 0 Å². The molecule has 0 saturated carbocycles. The number of aryl methyl sites for hydroxylation is 1. The Bertz CT molecular complexity index is 370. The van der Waals surface area contributed by atoms with Crippen molar-refractivity contribution in [2.24, 2.45) is 5.92 Å². The van der Waals surface area contributed by atoms with Gasteiger partial charge in [0.1, 0.15) is 5.82 Å². The second kappa shape index (κ2) is 8.31. The highest BCUT2D eigenvalue weighted by molar-refractivity contribution is 5.27. The summed E-state index contributed by atoms with van der Waals surface area (Å²) in [4.78, 5) is 0. The van der Waals surface area contributed by atoms with Crippen LogP contribution in [-0.2, 0) is 0 Å². The molecule has 2 heteroatoms. The zero-order chi connectivity index (χ0) is 14.3. The molecule has 0 aliphatic rings. The summed E-state index contributed by atoms with van der Waals surface area (Å²) in [5.74, 6) is 0.529. The molecule has 1 atom stereocenters. The Hall–Kier alpha value is -0.890. The first-order valence-electron chi connectivity index (χ1n) is 7.63. The van der Waals surface area contributed by atoms with Gasteiger partial charge in [-0.25, -0.2) is 4.39 Å². The lowest BCUT2D eigenvalue weighted by Crippen LogP contribution is -2.28. The third kappa shape index (κ3) is 4.61. The molecular formula is C17H28FN. The van der Waals surface area contributed by atoms with Crippen molar-refractivity contribution in [3.63, 3.8) is 0 Å². The molecule has 0 bridgehead atoms. The maximum absolute atomic E-state index is 13.4. The Morgan fingerprint density at radius 2 is 1.74 bits per heavy atom. The van der Waals surface area contributed by atoms with E-state index < -0.39 is 0 Å². The van der Waals surface area contributed by atoms with Gasteiger partial charge < -0.3 is 5.32 Å². The maximum Gasteiger partial charge on any atom is 0.126 e. The summed E-state index contributed by atoms with van der Waals surface area (Å²) in [7, 11) is 0. The van der Waals surface area contributed by atoms with Crippen molar-refractivity contribution < 1.29 is 4.39 Å². The lowest BCUT2D eigenvalue weighted by molar-refractivity contribution is 0.320. The predicted octanol–water partition coefficient (Wildman–Crippen LogP) is 5.00. The standard InChI is InChI=1S/C17H28FN/c1-5-8-14(9-6-2)17(19-7-3)15-10-11-16(18)13(4)12-15/h10-12,14,17,19H,5-9H2,1-4H3. The van der Waals surface area contributed by atoms with E-state index in [9.17, 15) is 4.39 Å². The number of benzene rings is 1. The van der Waals surface area contributed by atoms with E-state index in [1.807, 2.05) is 19.1 Å². The Morgan fingerprint density at radius 1 is 1.11 bits per heavy atom. The summed E-state index contributed by atoms with van der Waals surface area (Å²) in [6.07, 6.45) is 4.85. The van der Waals surface area contributed by atoms with Gasteiger partial charge >= 0.3 is 0 Å². The molecule has 19 heavy (non-hydrogen) atoms. The molecule has 1 N–H and O–H groups in total. The van der Waals surface area contributed by atoms with Crippen molar-refractivity contribution in [3.8, 4) is 0 Å². The topological polar surface area (TPSA) is 12.0 Å². The summed E-state index contributed by atoms with van der Waals surface area (Å²) in [5.41, 5.74) is 1.97. The first kappa shape index (κ1) is 16.2. The predicted molar refractivity (Wildman–Crippen MR) is 80.9 cm³/mol. The highest BCUT2D eigenvalue weighted by Crippen LogP contribution is 2.30. The minimum absolute atomic E-state index is 0.110. The minimum Gasteiger partial charge on any atom is -0.310 e. The zero-order valence-corrected chi connectivity index (χ0v) is 12.8. The molecule has 0 aliphatic carbocycles. The van der Waals surface area contributed by atoms with Crippen molar-refractivity contribution in [2.45, 2.75) is 59.4 Å². The van der Waals surface area contributed by atoms with Gasteiger partial charge in [-0.3, -0.25) is 0 Å². The van der Waals surface area contributed by atoms with Gasteiger partial charge in [-0.1, -0.05) is 45.7 Å². The van der Waals surface area contributed by atoms with Crippen LogP contribution in [0.4, 0.5) is 4.39 Å². The molecule has 1 nitrogen and oxygen atoms in total. The lowest BCUT2D eigenvalue weighted by Gasteiger charge is -2.28. The second-order valence-electron chi connectivity index (χ2n) is 5.38. The number of hydrogen-bond donors (Lipinski definition) is 1. The SMILES string of the molecule is CCCC(CCC)C(NCC)c1ccc(F)c(C)c1. The van der Waals surface area contributed by atoms with Crippen molar-refractivity contribution in [3.05, 3.63) is 35.1 Å². The Balaban J connectivity index is 2.98. The molecule has 0 heterocycles. The molecule has 0 aromatic heterocycles. The van der Waals surface area contributed by atoms with E-state index in [0.717, 1.165) is 12.1 Å². The summed E-state index contributed by atoms with van der Waals surface area (Å²) in [6, 6.07) is 5.89. The van der Waals surface area contributed by atoms with E-state index in [-0.39, 0.29) is 5.82 Å². The highest BCUT2D eigenvalue weighted by atomic mass is 19.1. The molecule has 0 radical (unpaired) electrons. The van der Waals surface area contributed by atoms with Gasteiger partial charge in [0.25, 0.3) is 0 Å². The van der Waals surface area contributed by atoms with Crippen LogP contribution in [0.25, 0.3) is 0 Å². The fourth-order valence-electron chi connectivity index (χ4n) is 2.86. The average molecular weight is 265 g/mol. The molecule has 0 spiro atoms. The van der Waals surface area contributed by atoms with E-state index in [0.29, 0.717) is 12.0 Å². The van der Waals surface area contributed by atoms with Crippen LogP contribution in [0.1, 0.15) is 63.6 Å². The van der Waals surface area contributed by atoms with Crippen LogP contribution in [0, 0.1) is 18.7 Å². The third-order valence-corrected chi connectivity index (χ3v) is 3.76. The molecule has 0 aliphatic heterocycles. The third-order valence-electron chi connectivity index (χ3n) is 3.76. The van der Waals surface area contributed by atoms with Crippen LogP contribution in [-0.4, -0.2) is 6.54 Å². The van der Waals surface area contributed by atoms with E-state index in [1.54, 1.807) is 6.07 Å². The van der Waals surface area contributed by atoms with E-state index in [2.05, 4.69) is 26.1 Å². The average Bonchev–Trinajstić information content (AvgIpc) is 2.39. The first-order chi connectivity index (χ1) is 9.13. The van der Waals surface area contributed by atoms with Gasteiger partial charge in [-0.05, 0) is 49.4 Å². The highest BCUT2D eigenvalue weighted by Gasteiger charge is 2.21. The van der Waals surface area contributed by atoms with Crippen LogP contribution < -0.4 is 5.32 Å². The molecule has 1 aromatic rings. The normalized spacial score (nSPS) is 12.9. The van der Waals surface area contributed by atoms with Gasteiger partial charge in [-0.15, -0.1) is 0 Å². The molecule has 0 saturated heterocycles. The van der Waals surface area contributed by atoms with Gasteiger partial charge in [0.2, 0.25) is 0 Å². The minimum atomic E-state index is -0.110. The van der Waals surface area contributed by atoms with E-state index in [4.69, 9.17) is 0 Å². The number of hydrogen-bond acceptors (Lipinski definition) is 1. The largest absolute Gasteiger partial charge is 0.310 e. The van der Waals surface area contributed by atoms with Gasteiger partial charge in [0, 0.05) is 6.04 Å².